The van der Waals surface area contributed by atoms with Crippen LogP contribution in [0.4, 0.5) is 0 Å². The minimum Gasteiger partial charge on any atom is -0.481 e. The van der Waals surface area contributed by atoms with Crippen molar-refractivity contribution in [3.05, 3.63) is 0 Å². The molecular weight excluding hydrogens is 412 g/mol. The number of aliphatic hydroxyl groups is 2. The first-order chi connectivity index (χ1) is 13.6. The molecule has 0 heterocycles. The number of nitrogens with two attached hydrogens (primary N) is 1. The second-order valence-electron chi connectivity index (χ2n) is 5.87. The van der Waals surface area contributed by atoms with Gasteiger partial charge in [-0.05, 0) is 18.4 Å². The summed E-state index contributed by atoms with van der Waals surface area (Å²) in [6.07, 6.45) is 0.944. The first kappa shape index (κ1) is 26.6. The molecule has 0 aromatic heterocycles. The minimum atomic E-state index is -1.66. The summed E-state index contributed by atoms with van der Waals surface area (Å²) in [4.78, 5) is 58.4. The zero-order chi connectivity index (χ0) is 22.6. The van der Waals surface area contributed by atoms with Crippen LogP contribution in [0.25, 0.3) is 0 Å². The number of carbonyl (C=O) groups is 5. The number of thioether (sulfide) groups is 1. The number of hydrogen-bond acceptors (Lipinski definition) is 9. The van der Waals surface area contributed by atoms with Crippen LogP contribution in [0.3, 0.4) is 0 Å². The molecule has 4 unspecified atom stereocenters. The van der Waals surface area contributed by atoms with Crippen molar-refractivity contribution < 1.29 is 44.4 Å². The molecule has 29 heavy (non-hydrogen) atoms. The van der Waals surface area contributed by atoms with Crippen molar-refractivity contribution in [3.8, 4) is 0 Å². The molecule has 4 atom stereocenters. The van der Waals surface area contributed by atoms with Crippen molar-refractivity contribution >= 4 is 41.4 Å². The SMILES string of the molecule is CSCCC(NC(=O)C(CC(=O)O)NC(=O)C(CO)NC(=O)C(N)CO)C(=O)O. The Kier molecular flexibility index (Phi) is 12.6. The van der Waals surface area contributed by atoms with Gasteiger partial charge in [0.25, 0.3) is 0 Å². The molecule has 0 aliphatic rings. The van der Waals surface area contributed by atoms with E-state index in [1.165, 1.54) is 11.8 Å². The number of carboxylic acids is 2. The van der Waals surface area contributed by atoms with Crippen LogP contribution in [0.2, 0.25) is 0 Å². The topological polar surface area (TPSA) is 228 Å². The largest absolute Gasteiger partial charge is 0.481 e. The molecule has 0 aromatic rings. The lowest BCUT2D eigenvalue weighted by molar-refractivity contribution is -0.143. The average molecular weight is 438 g/mol. The number of rotatable bonds is 14. The molecule has 9 N–H and O–H groups in total. The van der Waals surface area contributed by atoms with Gasteiger partial charge in [0.2, 0.25) is 17.7 Å². The van der Waals surface area contributed by atoms with Crippen LogP contribution in [0.5, 0.6) is 0 Å². The van der Waals surface area contributed by atoms with Gasteiger partial charge in [0.05, 0.1) is 19.6 Å². The number of aliphatic carboxylic acids is 2. The zero-order valence-corrected chi connectivity index (χ0v) is 16.5. The number of aliphatic hydroxyl groups excluding tert-OH is 2. The Morgan fingerprint density at radius 2 is 1.38 bits per heavy atom. The van der Waals surface area contributed by atoms with Crippen LogP contribution in [0.15, 0.2) is 0 Å². The first-order valence-corrected chi connectivity index (χ1v) is 9.78. The highest BCUT2D eigenvalue weighted by atomic mass is 32.2. The van der Waals surface area contributed by atoms with E-state index in [4.69, 9.17) is 21.1 Å². The average Bonchev–Trinajstić information content (AvgIpc) is 2.66. The predicted octanol–water partition coefficient (Wildman–Crippen LogP) is -3.93. The van der Waals surface area contributed by atoms with Gasteiger partial charge in [0, 0.05) is 0 Å². The van der Waals surface area contributed by atoms with Crippen LogP contribution < -0.4 is 21.7 Å². The monoisotopic (exact) mass is 438 g/mol. The Bertz CT molecular complexity index is 604. The van der Waals surface area contributed by atoms with Gasteiger partial charge < -0.3 is 42.1 Å². The third-order valence-electron chi connectivity index (χ3n) is 3.59. The summed E-state index contributed by atoms with van der Waals surface area (Å²) in [5, 5.41) is 42.5. The number of carbonyl (C=O) groups excluding carboxylic acids is 3. The van der Waals surface area contributed by atoms with Crippen LogP contribution in [-0.4, -0.2) is 99.5 Å². The molecule has 14 heteroatoms. The summed E-state index contributed by atoms with van der Waals surface area (Å²) in [6.45, 7) is -1.62. The lowest BCUT2D eigenvalue weighted by Gasteiger charge is -2.23. The molecule has 0 fully saturated rings. The second-order valence-corrected chi connectivity index (χ2v) is 6.86. The van der Waals surface area contributed by atoms with Crippen LogP contribution in [-0.2, 0) is 24.0 Å². The lowest BCUT2D eigenvalue weighted by Crippen LogP contribution is -2.58. The molecule has 0 aliphatic heterocycles. The summed E-state index contributed by atoms with van der Waals surface area (Å²) in [5.41, 5.74) is 5.28. The Hall–Kier alpha value is -2.42. The molecule has 0 saturated carbocycles. The summed E-state index contributed by atoms with van der Waals surface area (Å²) in [5.74, 6) is -5.46. The molecule has 0 bridgehead atoms. The molecule has 13 nitrogen and oxygen atoms in total. The third-order valence-corrected chi connectivity index (χ3v) is 4.23. The third kappa shape index (κ3) is 10.1. The van der Waals surface area contributed by atoms with Gasteiger partial charge in [-0.15, -0.1) is 0 Å². The van der Waals surface area contributed by atoms with E-state index in [1.807, 2.05) is 5.32 Å². The summed E-state index contributed by atoms with van der Waals surface area (Å²) >= 11 is 1.35. The Balaban J connectivity index is 5.22. The second kappa shape index (κ2) is 13.7. The highest BCUT2D eigenvalue weighted by Crippen LogP contribution is 2.03. The van der Waals surface area contributed by atoms with Crippen molar-refractivity contribution in [1.82, 2.24) is 16.0 Å². The zero-order valence-electron chi connectivity index (χ0n) is 15.7. The van der Waals surface area contributed by atoms with Gasteiger partial charge in [-0.25, -0.2) is 4.79 Å². The van der Waals surface area contributed by atoms with Gasteiger partial charge >= 0.3 is 11.9 Å². The van der Waals surface area contributed by atoms with Crippen molar-refractivity contribution in [2.45, 2.75) is 37.0 Å². The quantitative estimate of drug-likeness (QED) is 0.130. The van der Waals surface area contributed by atoms with E-state index in [-0.39, 0.29) is 6.42 Å². The van der Waals surface area contributed by atoms with Crippen LogP contribution in [0, 0.1) is 0 Å². The normalized spacial score (nSPS) is 14.8. The molecular formula is C15H26N4O9S. The van der Waals surface area contributed by atoms with E-state index in [2.05, 4.69) is 10.6 Å². The van der Waals surface area contributed by atoms with Crippen molar-refractivity contribution in [1.29, 1.82) is 0 Å². The Morgan fingerprint density at radius 1 is 0.862 bits per heavy atom. The fraction of sp³-hybridized carbons (Fsp3) is 0.667. The molecule has 0 aliphatic carbocycles. The van der Waals surface area contributed by atoms with E-state index < -0.39 is 73.5 Å². The number of carboxylic acid groups (broad SMARTS) is 2. The molecule has 166 valence electrons. The molecule has 0 aromatic carbocycles. The van der Waals surface area contributed by atoms with Crippen molar-refractivity contribution in [3.63, 3.8) is 0 Å². The van der Waals surface area contributed by atoms with Crippen LogP contribution in [0.1, 0.15) is 12.8 Å². The van der Waals surface area contributed by atoms with Gasteiger partial charge in [-0.1, -0.05) is 0 Å². The lowest BCUT2D eigenvalue weighted by atomic mass is 10.1. The smallest absolute Gasteiger partial charge is 0.326 e. The fourth-order valence-electron chi connectivity index (χ4n) is 1.98. The van der Waals surface area contributed by atoms with Gasteiger partial charge in [-0.2, -0.15) is 11.8 Å². The van der Waals surface area contributed by atoms with Gasteiger partial charge in [0.1, 0.15) is 24.2 Å². The predicted molar refractivity (Wildman–Crippen MR) is 101 cm³/mol. The van der Waals surface area contributed by atoms with E-state index in [0.717, 1.165) is 0 Å². The number of hydrogen-bond donors (Lipinski definition) is 8. The Morgan fingerprint density at radius 3 is 1.83 bits per heavy atom. The number of nitrogens with one attached hydrogen (secondary N) is 3. The maximum absolute atomic E-state index is 12.3. The minimum absolute atomic E-state index is 0.0738. The summed E-state index contributed by atoms with van der Waals surface area (Å²) in [6, 6.07) is -5.88. The highest BCUT2D eigenvalue weighted by molar-refractivity contribution is 7.98. The van der Waals surface area contributed by atoms with E-state index >= 15 is 0 Å². The fourth-order valence-corrected chi connectivity index (χ4v) is 2.45. The molecule has 0 spiro atoms. The summed E-state index contributed by atoms with van der Waals surface area (Å²) < 4.78 is 0. The van der Waals surface area contributed by atoms with Crippen LogP contribution >= 0.6 is 11.8 Å². The standard InChI is InChI=1S/C15H26N4O9S/c1-29-3-2-8(15(27)28)17-13(25)9(4-11(22)23)18-14(26)10(6-21)19-12(24)7(16)5-20/h7-10,20-21H,2-6,16H2,1H3,(H,17,25)(H,18,26)(H,19,24)(H,22,23)(H,27,28). The summed E-state index contributed by atoms with van der Waals surface area (Å²) in [7, 11) is 0. The number of amides is 3. The van der Waals surface area contributed by atoms with Gasteiger partial charge in [-0.3, -0.25) is 19.2 Å². The van der Waals surface area contributed by atoms with E-state index in [0.29, 0.717) is 5.75 Å². The molecule has 0 saturated heterocycles. The van der Waals surface area contributed by atoms with E-state index in [9.17, 15) is 29.1 Å². The molecule has 3 amide bonds. The van der Waals surface area contributed by atoms with Crippen molar-refractivity contribution in [2.24, 2.45) is 5.73 Å². The Labute approximate surface area is 170 Å². The van der Waals surface area contributed by atoms with Crippen molar-refractivity contribution in [2.75, 3.05) is 25.2 Å². The molecule has 0 radical (unpaired) electrons. The molecule has 0 rings (SSSR count). The highest BCUT2D eigenvalue weighted by Gasteiger charge is 2.31. The maximum Gasteiger partial charge on any atom is 0.326 e. The first-order valence-electron chi connectivity index (χ1n) is 8.39. The van der Waals surface area contributed by atoms with Gasteiger partial charge in [0.15, 0.2) is 0 Å². The maximum atomic E-state index is 12.3. The van der Waals surface area contributed by atoms with E-state index in [1.54, 1.807) is 6.26 Å².